The molecule has 0 radical (unpaired) electrons. The maximum Gasteiger partial charge on any atom is 0.0745 e. The molecule has 26 saturated heterocycles. The first-order chi connectivity index (χ1) is 64.9. The Balaban J connectivity index is 0.000000119. The van der Waals surface area contributed by atoms with Crippen LogP contribution in [-0.2, 0) is 0 Å². The Labute approximate surface area is 845 Å². The van der Waals surface area contributed by atoms with Gasteiger partial charge in [0.1, 0.15) is 0 Å². The topological polar surface area (TPSA) is 84.2 Å². The lowest BCUT2D eigenvalue weighted by atomic mass is 9.74. The first-order valence-electron chi connectivity index (χ1n) is 57.1. The maximum absolute atomic E-state index is 2.60. The summed E-state index contributed by atoms with van der Waals surface area (Å²) in [6, 6.07) is 0. The summed E-state index contributed by atoms with van der Waals surface area (Å²) in [7, 11) is 58.4. The van der Waals surface area contributed by atoms with Gasteiger partial charge >= 0.3 is 0 Å². The van der Waals surface area contributed by atoms with Crippen LogP contribution in [0.1, 0.15) is 205 Å². The second-order valence-electron chi connectivity index (χ2n) is 53.5. The van der Waals surface area contributed by atoms with E-state index in [2.05, 4.69) is 311 Å². The average molecular weight is 1920 g/mol. The van der Waals surface area contributed by atoms with Crippen LogP contribution in [0, 0.1) is 21.7 Å². The van der Waals surface area contributed by atoms with Gasteiger partial charge in [0.2, 0.25) is 0 Å². The molecule has 26 heterocycles. The third kappa shape index (κ3) is 26.0. The van der Waals surface area contributed by atoms with Crippen LogP contribution in [0.4, 0.5) is 0 Å². The summed E-state index contributed by atoms with van der Waals surface area (Å²) in [5, 5.41) is 0. The number of hydrogen-bond acceptors (Lipinski definition) is 26. The Bertz CT molecular complexity index is 3470. The fraction of sp³-hybridized carbons (Fsp3) is 1.00. The molecule has 26 aliphatic heterocycles. The number of nitrogens with zero attached hydrogens (tertiary/aromatic N) is 26. The van der Waals surface area contributed by atoms with Crippen LogP contribution in [0.3, 0.4) is 0 Å². The second kappa shape index (κ2) is 47.0. The van der Waals surface area contributed by atoms with E-state index in [1.165, 1.54) is 467 Å². The molecule has 0 amide bonds. The van der Waals surface area contributed by atoms with Crippen LogP contribution < -0.4 is 0 Å². The summed E-state index contributed by atoms with van der Waals surface area (Å²) in [6.45, 7) is 52.4. The van der Waals surface area contributed by atoms with Crippen LogP contribution in [-0.4, -0.2) is 623 Å². The van der Waals surface area contributed by atoms with E-state index >= 15 is 0 Å². The molecule has 0 aromatic rings. The molecule has 0 aromatic carbocycles. The molecule has 6 unspecified atom stereocenters. The average Bonchev–Trinajstić information content (AvgIpc) is 1.53. The number of likely N-dealkylation sites (tertiary alicyclic amines) is 26. The Morgan fingerprint density at radius 1 is 0.102 bits per heavy atom. The molecule has 0 bridgehead atoms. The molecule has 26 heteroatoms. The van der Waals surface area contributed by atoms with Crippen LogP contribution in [0.15, 0.2) is 0 Å². The lowest BCUT2D eigenvalue weighted by Gasteiger charge is -2.61. The minimum absolute atomic E-state index is 0.457. The van der Waals surface area contributed by atoms with Gasteiger partial charge in [-0.05, 0) is 511 Å². The molecule has 137 heavy (non-hydrogen) atoms. The van der Waals surface area contributed by atoms with Gasteiger partial charge < -0.3 is 68.6 Å². The number of hydrogen-bond donors (Lipinski definition) is 0. The van der Waals surface area contributed by atoms with Gasteiger partial charge in [0.05, 0.1) is 17.0 Å². The lowest BCUT2D eigenvalue weighted by molar-refractivity contribution is -0.0976. The Kier molecular flexibility index (Phi) is 38.3. The minimum atomic E-state index is 0.457. The molecular formula is C111H222N26. The van der Waals surface area contributed by atoms with Crippen molar-refractivity contribution in [1.82, 2.24) is 127 Å². The van der Waals surface area contributed by atoms with Crippen LogP contribution in [0.2, 0.25) is 0 Å². The molecule has 6 atom stereocenters. The summed E-state index contributed by atoms with van der Waals surface area (Å²) in [5.41, 5.74) is 7.81. The van der Waals surface area contributed by atoms with Gasteiger partial charge in [-0.15, -0.1) is 0 Å². The fourth-order valence-electron chi connectivity index (χ4n) is 33.1. The summed E-state index contributed by atoms with van der Waals surface area (Å²) in [5.74, 6) is 0. The van der Waals surface area contributed by atoms with Crippen LogP contribution in [0.5, 0.6) is 0 Å². The maximum atomic E-state index is 2.60. The van der Waals surface area contributed by atoms with E-state index in [-0.39, 0.29) is 0 Å². The molecule has 26 rings (SSSR count). The van der Waals surface area contributed by atoms with Crippen molar-refractivity contribution in [1.29, 1.82) is 0 Å². The van der Waals surface area contributed by atoms with E-state index in [4.69, 9.17) is 0 Å². The Morgan fingerprint density at radius 3 is 0.474 bits per heavy atom. The first kappa shape index (κ1) is 112. The van der Waals surface area contributed by atoms with Gasteiger partial charge in [-0.25, -0.2) is 0 Å². The monoisotopic (exact) mass is 1920 g/mol. The van der Waals surface area contributed by atoms with Crippen molar-refractivity contribution >= 4 is 0 Å². The van der Waals surface area contributed by atoms with E-state index in [0.29, 0.717) is 66.5 Å². The van der Waals surface area contributed by atoms with Crippen LogP contribution in [0.25, 0.3) is 0 Å². The van der Waals surface area contributed by atoms with Gasteiger partial charge in [0.15, 0.2) is 0 Å². The largest absolute Gasteiger partial charge is 0.306 e. The number of piperidine rings is 2. The Morgan fingerprint density at radius 2 is 0.270 bits per heavy atom. The van der Waals surface area contributed by atoms with Crippen molar-refractivity contribution in [2.45, 2.75) is 256 Å². The molecule has 796 valence electrons. The fourth-order valence-corrected chi connectivity index (χ4v) is 33.1. The summed E-state index contributed by atoms with van der Waals surface area (Å²) in [6.07, 6.45) is 45.0. The number of likely N-dealkylation sites (N-methyl/N-ethyl adjacent to an activating group) is 12. The first-order valence-corrected chi connectivity index (χ1v) is 57.1. The third-order valence-electron chi connectivity index (χ3n) is 42.3. The van der Waals surface area contributed by atoms with Crippen molar-refractivity contribution in [2.24, 2.45) is 21.7 Å². The molecule has 26 fully saturated rings. The minimum Gasteiger partial charge on any atom is -0.306 e. The molecule has 0 N–H and O–H groups in total. The van der Waals surface area contributed by atoms with E-state index in [1.807, 2.05) is 0 Å². The highest BCUT2D eigenvalue weighted by atomic mass is 15.5. The van der Waals surface area contributed by atoms with E-state index in [9.17, 15) is 0 Å². The molecule has 13 spiro atoms. The van der Waals surface area contributed by atoms with Gasteiger partial charge in [0, 0.05) is 188 Å². The molecule has 0 aliphatic carbocycles. The quantitative estimate of drug-likeness (QED) is 0.233. The standard InChI is InChI=1S/2C10H20N2.5C9H18N2.4C8H16N2.2C7H14N2/c1-11-8-4-3-6-10(11)7-5-9-12(10)2;1-11-8-6-10(9-11)5-3-4-7-12(10)2;2*1-10-5-3-9(7-10)4-6-11(2)8-9;1-10-7-3-5-9(10)6-4-8-11(9)2;2*1-10-7-5-9(8-10)4-3-6-11(9)2;1-9-5-3-8(7-9)4-6-10(8)2;1-9-4-3-8(5-9)6-10(2)7-8;1-9-6-3-4-8(9)5-7-10(8)2;1-9-6-8(7-9)4-3-5-10(8)2;1-8-3-7(4-8)5-9(2)6-7;1-8-5-7(6-8)3-4-9(7)2/h2*3-9H2,1-2H3;5*3-8H2,1-2H3;4*3-7H2,1-2H3;2*3-6H2,1-2H3. The van der Waals surface area contributed by atoms with Crippen molar-refractivity contribution in [3.63, 3.8) is 0 Å². The zero-order valence-electron chi connectivity index (χ0n) is 95.0. The van der Waals surface area contributed by atoms with E-state index in [0.717, 1.165) is 5.41 Å². The summed E-state index contributed by atoms with van der Waals surface area (Å²) >= 11 is 0. The summed E-state index contributed by atoms with van der Waals surface area (Å²) < 4.78 is 0. The van der Waals surface area contributed by atoms with Gasteiger partial charge in [0.25, 0.3) is 0 Å². The van der Waals surface area contributed by atoms with E-state index in [1.54, 1.807) is 0 Å². The van der Waals surface area contributed by atoms with Crippen molar-refractivity contribution in [3.05, 3.63) is 0 Å². The normalized spacial score (nSPS) is 36.7. The van der Waals surface area contributed by atoms with Crippen molar-refractivity contribution < 1.29 is 0 Å². The highest BCUT2D eigenvalue weighted by molar-refractivity contribution is 5.12. The zero-order chi connectivity index (χ0) is 98.4. The molecule has 0 saturated carbocycles. The van der Waals surface area contributed by atoms with Gasteiger partial charge in [-0.3, -0.25) is 58.8 Å². The van der Waals surface area contributed by atoms with E-state index < -0.39 is 0 Å². The van der Waals surface area contributed by atoms with Crippen molar-refractivity contribution in [3.8, 4) is 0 Å². The number of rotatable bonds is 0. The SMILES string of the molecule is CN1CC2(C1)CN(C)C2.CN1CC2(CCCN2C)C1.CN1CC2(CCN2C)C1.CN1CCC2(C1)CN(C)C2.CN1CCC2(CCCCN2C)C1.CN1CCC2(CCCN2C)C1.CN1CCC2(CCCN2C)C1.CN1CCC2(CCN(C)C2)C1.CN1CCC2(CCN(C)C2)C1.CN1CCC2(CCN2C)C1.CN1CCCC12CCCN2C.CN1CCCC12CCN2C.CN1CCCCC12CCCN2C. The third-order valence-corrected chi connectivity index (χ3v) is 42.3. The Hall–Kier alpha value is -1.04. The molecule has 26 nitrogen and oxygen atoms in total. The summed E-state index contributed by atoms with van der Waals surface area (Å²) in [4.78, 5) is 64.6. The molecule has 26 aliphatic rings. The predicted octanol–water partition coefficient (Wildman–Crippen LogP) is 8.35. The lowest BCUT2D eigenvalue weighted by Crippen LogP contribution is -2.74. The zero-order valence-corrected chi connectivity index (χ0v) is 95.0. The predicted molar refractivity (Wildman–Crippen MR) is 579 cm³/mol. The highest BCUT2D eigenvalue weighted by Gasteiger charge is 2.56. The molecule has 0 aromatic heterocycles. The van der Waals surface area contributed by atoms with Crippen LogP contribution >= 0.6 is 0 Å². The van der Waals surface area contributed by atoms with Crippen molar-refractivity contribution in [2.75, 3.05) is 445 Å². The second-order valence-corrected chi connectivity index (χ2v) is 53.5. The highest BCUT2D eigenvalue weighted by Crippen LogP contribution is 2.48. The molecular weight excluding hydrogens is 1700 g/mol. The van der Waals surface area contributed by atoms with Gasteiger partial charge in [-0.2, -0.15) is 0 Å². The smallest absolute Gasteiger partial charge is 0.0745 e. The van der Waals surface area contributed by atoms with Gasteiger partial charge in [-0.1, -0.05) is 6.42 Å².